The van der Waals surface area contributed by atoms with Gasteiger partial charge in [-0.25, -0.2) is 4.98 Å². The Hall–Kier alpha value is -2.22. The summed E-state index contributed by atoms with van der Waals surface area (Å²) in [6, 6.07) is 2.92. The first kappa shape index (κ1) is 11.3. The van der Waals surface area contributed by atoms with E-state index in [9.17, 15) is 10.1 Å². The van der Waals surface area contributed by atoms with Crippen molar-refractivity contribution in [2.75, 3.05) is 6.54 Å². The zero-order valence-electron chi connectivity index (χ0n) is 8.92. The Bertz CT molecular complexity index is 479. The fraction of sp³-hybridized carbons (Fsp3) is 0.333. The lowest BCUT2D eigenvalue weighted by Crippen LogP contribution is -2.16. The highest BCUT2D eigenvalue weighted by Crippen LogP contribution is 2.14. The van der Waals surface area contributed by atoms with E-state index in [2.05, 4.69) is 20.5 Å². The lowest BCUT2D eigenvalue weighted by molar-refractivity contribution is -0.402. The molecular formula is C9H11N5O3. The van der Waals surface area contributed by atoms with Crippen molar-refractivity contribution < 1.29 is 9.34 Å². The molecule has 8 heteroatoms. The molecule has 0 spiro atoms. The predicted molar refractivity (Wildman–Crippen MR) is 57.2 cm³/mol. The van der Waals surface area contributed by atoms with Gasteiger partial charge in [-0.1, -0.05) is 0 Å². The van der Waals surface area contributed by atoms with Gasteiger partial charge < -0.3 is 9.73 Å². The van der Waals surface area contributed by atoms with Crippen LogP contribution >= 0.6 is 0 Å². The normalized spacial score (nSPS) is 10.6. The third kappa shape index (κ3) is 3.11. The molecule has 2 rings (SSSR count). The number of aromatic nitrogens is 3. The van der Waals surface area contributed by atoms with Crippen LogP contribution in [0.3, 0.4) is 0 Å². The first-order valence-corrected chi connectivity index (χ1v) is 5.04. The third-order valence-corrected chi connectivity index (χ3v) is 2.13. The SMILES string of the molecule is O=[N+]([O-])c1ccc(CNCCc2ncn[nH]2)o1. The van der Waals surface area contributed by atoms with Gasteiger partial charge in [-0.15, -0.1) is 0 Å². The first-order chi connectivity index (χ1) is 8.25. The van der Waals surface area contributed by atoms with Crippen molar-refractivity contribution in [3.8, 4) is 0 Å². The number of furan rings is 1. The molecule has 0 amide bonds. The molecule has 0 fully saturated rings. The van der Waals surface area contributed by atoms with Crippen molar-refractivity contribution in [1.82, 2.24) is 20.5 Å². The molecule has 8 nitrogen and oxygen atoms in total. The van der Waals surface area contributed by atoms with Gasteiger partial charge in [-0.05, 0) is 6.07 Å². The van der Waals surface area contributed by atoms with E-state index in [4.69, 9.17) is 4.42 Å². The van der Waals surface area contributed by atoms with E-state index in [0.29, 0.717) is 25.3 Å². The predicted octanol–water partition coefficient (Wildman–Crippen LogP) is 0.638. The summed E-state index contributed by atoms with van der Waals surface area (Å²) in [5, 5.41) is 19.9. The van der Waals surface area contributed by atoms with E-state index in [0.717, 1.165) is 5.82 Å². The number of hydrogen-bond acceptors (Lipinski definition) is 6. The van der Waals surface area contributed by atoms with E-state index in [1.54, 1.807) is 6.07 Å². The minimum atomic E-state index is -0.558. The molecule has 0 saturated carbocycles. The minimum absolute atomic E-state index is 0.239. The van der Waals surface area contributed by atoms with Crippen molar-refractivity contribution in [2.24, 2.45) is 0 Å². The Kier molecular flexibility index (Phi) is 3.46. The second-order valence-electron chi connectivity index (χ2n) is 3.36. The highest BCUT2D eigenvalue weighted by atomic mass is 16.6. The Morgan fingerprint density at radius 2 is 2.41 bits per heavy atom. The molecule has 0 aromatic carbocycles. The van der Waals surface area contributed by atoms with Gasteiger partial charge in [-0.3, -0.25) is 15.2 Å². The summed E-state index contributed by atoms with van der Waals surface area (Å²) < 4.78 is 4.98. The Morgan fingerprint density at radius 1 is 1.53 bits per heavy atom. The lowest BCUT2D eigenvalue weighted by atomic mass is 10.4. The molecule has 90 valence electrons. The second-order valence-corrected chi connectivity index (χ2v) is 3.36. The number of aromatic amines is 1. The average Bonchev–Trinajstić information content (AvgIpc) is 2.96. The fourth-order valence-corrected chi connectivity index (χ4v) is 1.33. The monoisotopic (exact) mass is 237 g/mol. The zero-order chi connectivity index (χ0) is 12.1. The minimum Gasteiger partial charge on any atom is -0.404 e. The van der Waals surface area contributed by atoms with Gasteiger partial charge in [0.1, 0.15) is 22.8 Å². The highest BCUT2D eigenvalue weighted by Gasteiger charge is 2.10. The standard InChI is InChI=1S/C9H11N5O3/c15-14(16)9-2-1-7(17-9)5-10-4-3-8-11-6-12-13-8/h1-2,6,10H,3-5H2,(H,11,12,13). The molecule has 2 aromatic heterocycles. The number of nitrogens with zero attached hydrogens (tertiary/aromatic N) is 3. The molecule has 0 saturated heterocycles. The average molecular weight is 237 g/mol. The third-order valence-electron chi connectivity index (χ3n) is 2.13. The van der Waals surface area contributed by atoms with Crippen LogP contribution in [0, 0.1) is 10.1 Å². The van der Waals surface area contributed by atoms with Crippen LogP contribution in [-0.4, -0.2) is 26.6 Å². The zero-order valence-corrected chi connectivity index (χ0v) is 8.92. The van der Waals surface area contributed by atoms with Crippen molar-refractivity contribution >= 4 is 5.88 Å². The summed E-state index contributed by atoms with van der Waals surface area (Å²) in [6.45, 7) is 1.13. The van der Waals surface area contributed by atoms with Crippen LogP contribution in [0.1, 0.15) is 11.6 Å². The van der Waals surface area contributed by atoms with Crippen LogP contribution in [0.15, 0.2) is 22.9 Å². The number of rotatable bonds is 6. The molecule has 0 bridgehead atoms. The van der Waals surface area contributed by atoms with Crippen LogP contribution in [0.25, 0.3) is 0 Å². The van der Waals surface area contributed by atoms with Gasteiger partial charge in [0.2, 0.25) is 0 Å². The summed E-state index contributed by atoms with van der Waals surface area (Å²) in [5.74, 6) is 1.09. The molecule has 0 aliphatic heterocycles. The Labute approximate surface area is 96.2 Å². The maximum Gasteiger partial charge on any atom is 0.433 e. The fourth-order valence-electron chi connectivity index (χ4n) is 1.33. The number of H-pyrrole nitrogens is 1. The number of nitro groups is 1. The Balaban J connectivity index is 1.72. The van der Waals surface area contributed by atoms with E-state index >= 15 is 0 Å². The van der Waals surface area contributed by atoms with Crippen LogP contribution in [-0.2, 0) is 13.0 Å². The second kappa shape index (κ2) is 5.21. The van der Waals surface area contributed by atoms with Crippen LogP contribution in [0.5, 0.6) is 0 Å². The number of hydrogen-bond donors (Lipinski definition) is 2. The van der Waals surface area contributed by atoms with Gasteiger partial charge in [0.15, 0.2) is 0 Å². The van der Waals surface area contributed by atoms with Gasteiger partial charge in [0.05, 0.1) is 12.6 Å². The van der Waals surface area contributed by atoms with Crippen LogP contribution in [0.2, 0.25) is 0 Å². The molecule has 0 unspecified atom stereocenters. The van der Waals surface area contributed by atoms with Gasteiger partial charge in [0, 0.05) is 13.0 Å². The first-order valence-electron chi connectivity index (χ1n) is 5.04. The smallest absolute Gasteiger partial charge is 0.404 e. The van der Waals surface area contributed by atoms with Crippen molar-refractivity contribution in [3.05, 3.63) is 40.2 Å². The molecule has 0 atom stereocenters. The summed E-state index contributed by atoms with van der Waals surface area (Å²) >= 11 is 0. The maximum atomic E-state index is 10.4. The molecule has 17 heavy (non-hydrogen) atoms. The number of nitrogens with one attached hydrogen (secondary N) is 2. The van der Waals surface area contributed by atoms with E-state index in [1.807, 2.05) is 0 Å². The molecule has 0 aliphatic carbocycles. The highest BCUT2D eigenvalue weighted by molar-refractivity contribution is 5.17. The van der Waals surface area contributed by atoms with E-state index < -0.39 is 4.92 Å². The molecular weight excluding hydrogens is 226 g/mol. The van der Waals surface area contributed by atoms with Gasteiger partial charge in [0.25, 0.3) is 0 Å². The summed E-state index contributed by atoms with van der Waals surface area (Å²) in [5.41, 5.74) is 0. The van der Waals surface area contributed by atoms with Crippen molar-refractivity contribution in [3.63, 3.8) is 0 Å². The maximum absolute atomic E-state index is 10.4. The molecule has 2 heterocycles. The topological polar surface area (TPSA) is 110 Å². The molecule has 2 N–H and O–H groups in total. The van der Waals surface area contributed by atoms with E-state index in [-0.39, 0.29) is 5.88 Å². The van der Waals surface area contributed by atoms with Crippen LogP contribution < -0.4 is 5.32 Å². The van der Waals surface area contributed by atoms with Gasteiger partial charge >= 0.3 is 5.88 Å². The van der Waals surface area contributed by atoms with E-state index in [1.165, 1.54) is 12.4 Å². The van der Waals surface area contributed by atoms with Gasteiger partial charge in [-0.2, -0.15) is 5.10 Å². The molecule has 0 aliphatic rings. The molecule has 0 radical (unpaired) electrons. The van der Waals surface area contributed by atoms with Crippen molar-refractivity contribution in [1.29, 1.82) is 0 Å². The largest absolute Gasteiger partial charge is 0.433 e. The quantitative estimate of drug-likeness (QED) is 0.433. The lowest BCUT2D eigenvalue weighted by Gasteiger charge is -1.99. The van der Waals surface area contributed by atoms with Crippen molar-refractivity contribution in [2.45, 2.75) is 13.0 Å². The summed E-state index contributed by atoms with van der Waals surface area (Å²) in [6.07, 6.45) is 2.16. The Morgan fingerprint density at radius 3 is 3.06 bits per heavy atom. The summed E-state index contributed by atoms with van der Waals surface area (Å²) in [7, 11) is 0. The molecule has 2 aromatic rings. The summed E-state index contributed by atoms with van der Waals surface area (Å²) in [4.78, 5) is 13.8. The van der Waals surface area contributed by atoms with Crippen LogP contribution in [0.4, 0.5) is 5.88 Å².